The van der Waals surface area contributed by atoms with Crippen molar-refractivity contribution in [3.05, 3.63) is 70.5 Å². The van der Waals surface area contributed by atoms with E-state index in [1.807, 2.05) is 30.3 Å². The molecule has 0 radical (unpaired) electrons. The monoisotopic (exact) mass is 262 g/mol. The van der Waals surface area contributed by atoms with E-state index in [0.717, 1.165) is 5.56 Å². The van der Waals surface area contributed by atoms with Crippen molar-refractivity contribution in [3.63, 3.8) is 0 Å². The van der Waals surface area contributed by atoms with Crippen LogP contribution in [0.25, 0.3) is 0 Å². The summed E-state index contributed by atoms with van der Waals surface area (Å²) in [4.78, 5) is 11.9. The van der Waals surface area contributed by atoms with Gasteiger partial charge in [-0.15, -0.1) is 0 Å². The molecule has 0 N–H and O–H groups in total. The maximum Gasteiger partial charge on any atom is 0.166 e. The highest BCUT2D eigenvalue weighted by atomic mass is 35.5. The molecule has 0 saturated heterocycles. The van der Waals surface area contributed by atoms with Gasteiger partial charge in [-0.2, -0.15) is 0 Å². The van der Waals surface area contributed by atoms with E-state index < -0.39 is 5.82 Å². The minimum Gasteiger partial charge on any atom is -0.294 e. The molecule has 0 bridgehead atoms. The maximum atomic E-state index is 13.5. The van der Waals surface area contributed by atoms with Crippen molar-refractivity contribution in [3.8, 4) is 0 Å². The van der Waals surface area contributed by atoms with Crippen LogP contribution in [0.1, 0.15) is 22.3 Å². The lowest BCUT2D eigenvalue weighted by Crippen LogP contribution is -2.04. The van der Waals surface area contributed by atoms with E-state index in [4.69, 9.17) is 11.6 Å². The fourth-order valence-corrected chi connectivity index (χ4v) is 1.92. The Labute approximate surface area is 110 Å². The zero-order valence-electron chi connectivity index (χ0n) is 9.70. The molecule has 0 unspecified atom stereocenters. The van der Waals surface area contributed by atoms with Crippen molar-refractivity contribution in [1.82, 2.24) is 0 Å². The van der Waals surface area contributed by atoms with Gasteiger partial charge in [0, 0.05) is 11.4 Å². The number of Topliss-reactive ketones (excluding diaryl/α,β-unsaturated/α-hetero) is 1. The third-order valence-electron chi connectivity index (χ3n) is 2.71. The summed E-state index contributed by atoms with van der Waals surface area (Å²) < 4.78 is 13.5. The van der Waals surface area contributed by atoms with Gasteiger partial charge in [-0.25, -0.2) is 4.39 Å². The predicted molar refractivity (Wildman–Crippen MR) is 70.5 cm³/mol. The Morgan fingerprint density at radius 3 is 2.56 bits per heavy atom. The first-order valence-corrected chi connectivity index (χ1v) is 6.07. The van der Waals surface area contributed by atoms with Gasteiger partial charge in [-0.3, -0.25) is 4.79 Å². The maximum absolute atomic E-state index is 13.5. The van der Waals surface area contributed by atoms with E-state index >= 15 is 0 Å². The topological polar surface area (TPSA) is 17.1 Å². The summed E-state index contributed by atoms with van der Waals surface area (Å²) in [6, 6.07) is 13.7. The molecule has 2 aromatic rings. The number of carbonyl (C=O) groups is 1. The standard InChI is InChI=1S/C15H12ClFO/c16-12-7-8-14(17)13(10-12)15(18)9-6-11-4-2-1-3-5-11/h1-5,7-8,10H,6,9H2. The summed E-state index contributed by atoms with van der Waals surface area (Å²) in [5, 5.41) is 0.375. The minimum atomic E-state index is -0.516. The number of halogens is 2. The van der Waals surface area contributed by atoms with Crippen LogP contribution < -0.4 is 0 Å². The molecule has 2 rings (SSSR count). The Bertz CT molecular complexity index is 552. The zero-order valence-corrected chi connectivity index (χ0v) is 10.5. The summed E-state index contributed by atoms with van der Waals surface area (Å²) in [6.45, 7) is 0. The largest absolute Gasteiger partial charge is 0.294 e. The van der Waals surface area contributed by atoms with Crippen LogP contribution >= 0.6 is 11.6 Å². The van der Waals surface area contributed by atoms with Crippen LogP contribution in [0, 0.1) is 5.82 Å². The molecule has 0 fully saturated rings. The lowest BCUT2D eigenvalue weighted by molar-refractivity contribution is 0.0979. The predicted octanol–water partition coefficient (Wildman–Crippen LogP) is 4.29. The third kappa shape index (κ3) is 3.17. The Hall–Kier alpha value is -1.67. The van der Waals surface area contributed by atoms with Crippen LogP contribution in [0.15, 0.2) is 48.5 Å². The summed E-state index contributed by atoms with van der Waals surface area (Å²) >= 11 is 5.76. The van der Waals surface area contributed by atoms with Gasteiger partial charge in [0.25, 0.3) is 0 Å². The fourth-order valence-electron chi connectivity index (χ4n) is 1.75. The molecule has 0 atom stereocenters. The van der Waals surface area contributed by atoms with Gasteiger partial charge in [0.15, 0.2) is 5.78 Å². The SMILES string of the molecule is O=C(CCc1ccccc1)c1cc(Cl)ccc1F. The van der Waals surface area contributed by atoms with Crippen molar-refractivity contribution in [1.29, 1.82) is 0 Å². The van der Waals surface area contributed by atoms with Crippen LogP contribution in [0.5, 0.6) is 0 Å². The number of rotatable bonds is 4. The molecule has 18 heavy (non-hydrogen) atoms. The summed E-state index contributed by atoms with van der Waals surface area (Å²) in [7, 11) is 0. The van der Waals surface area contributed by atoms with Gasteiger partial charge >= 0.3 is 0 Å². The van der Waals surface area contributed by atoms with E-state index in [2.05, 4.69) is 0 Å². The number of aryl methyl sites for hydroxylation is 1. The van der Waals surface area contributed by atoms with Gasteiger partial charge in [0.2, 0.25) is 0 Å². The smallest absolute Gasteiger partial charge is 0.166 e. The highest BCUT2D eigenvalue weighted by Crippen LogP contribution is 2.17. The molecule has 2 aromatic carbocycles. The Kier molecular flexibility index (Phi) is 4.11. The van der Waals surface area contributed by atoms with Crippen LogP contribution in [0.3, 0.4) is 0 Å². The van der Waals surface area contributed by atoms with E-state index in [0.29, 0.717) is 11.4 Å². The van der Waals surface area contributed by atoms with Crippen molar-refractivity contribution in [2.75, 3.05) is 0 Å². The molecule has 0 amide bonds. The first-order chi connectivity index (χ1) is 8.66. The number of benzene rings is 2. The van der Waals surface area contributed by atoms with E-state index in [1.165, 1.54) is 18.2 Å². The van der Waals surface area contributed by atoms with Crippen molar-refractivity contribution < 1.29 is 9.18 Å². The summed E-state index contributed by atoms with van der Waals surface area (Å²) in [5.74, 6) is -0.740. The van der Waals surface area contributed by atoms with Crippen LogP contribution in [0.4, 0.5) is 4.39 Å². The Morgan fingerprint density at radius 2 is 1.83 bits per heavy atom. The Balaban J connectivity index is 2.06. The van der Waals surface area contributed by atoms with Crippen LogP contribution in [0.2, 0.25) is 5.02 Å². The highest BCUT2D eigenvalue weighted by Gasteiger charge is 2.12. The van der Waals surface area contributed by atoms with Gasteiger partial charge in [0.1, 0.15) is 5.82 Å². The first kappa shape index (κ1) is 12.8. The molecular weight excluding hydrogens is 251 g/mol. The number of hydrogen-bond acceptors (Lipinski definition) is 1. The molecule has 0 saturated carbocycles. The first-order valence-electron chi connectivity index (χ1n) is 5.69. The second-order valence-electron chi connectivity index (χ2n) is 4.03. The summed E-state index contributed by atoms with van der Waals surface area (Å²) in [5.41, 5.74) is 1.13. The average Bonchev–Trinajstić information content (AvgIpc) is 2.40. The second kappa shape index (κ2) is 5.78. The van der Waals surface area contributed by atoms with Gasteiger partial charge in [-0.05, 0) is 30.2 Å². The minimum absolute atomic E-state index is 0.0680. The lowest BCUT2D eigenvalue weighted by Gasteiger charge is -2.03. The fraction of sp³-hybridized carbons (Fsp3) is 0.133. The molecule has 0 aliphatic rings. The lowest BCUT2D eigenvalue weighted by atomic mass is 10.0. The van der Waals surface area contributed by atoms with Crippen molar-refractivity contribution >= 4 is 17.4 Å². The van der Waals surface area contributed by atoms with E-state index in [1.54, 1.807) is 0 Å². The zero-order chi connectivity index (χ0) is 13.0. The quantitative estimate of drug-likeness (QED) is 0.751. The van der Waals surface area contributed by atoms with E-state index in [9.17, 15) is 9.18 Å². The average molecular weight is 263 g/mol. The second-order valence-corrected chi connectivity index (χ2v) is 4.47. The van der Waals surface area contributed by atoms with Crippen LogP contribution in [-0.4, -0.2) is 5.78 Å². The Morgan fingerprint density at radius 1 is 1.11 bits per heavy atom. The number of ketones is 1. The number of hydrogen-bond donors (Lipinski definition) is 0. The molecule has 1 nitrogen and oxygen atoms in total. The van der Waals surface area contributed by atoms with Gasteiger partial charge < -0.3 is 0 Å². The van der Waals surface area contributed by atoms with E-state index in [-0.39, 0.29) is 17.8 Å². The molecule has 0 aliphatic heterocycles. The molecule has 3 heteroatoms. The number of carbonyl (C=O) groups excluding carboxylic acids is 1. The van der Waals surface area contributed by atoms with Crippen LogP contribution in [-0.2, 0) is 6.42 Å². The van der Waals surface area contributed by atoms with Gasteiger partial charge in [0.05, 0.1) is 5.56 Å². The normalized spacial score (nSPS) is 10.3. The van der Waals surface area contributed by atoms with Gasteiger partial charge in [-0.1, -0.05) is 41.9 Å². The molecule has 0 aromatic heterocycles. The summed E-state index contributed by atoms with van der Waals surface area (Å²) in [6.07, 6.45) is 0.882. The molecule has 0 aliphatic carbocycles. The molecule has 92 valence electrons. The molecule has 0 spiro atoms. The highest BCUT2D eigenvalue weighted by molar-refractivity contribution is 6.31. The molecular formula is C15H12ClFO. The van der Waals surface area contributed by atoms with Crippen molar-refractivity contribution in [2.45, 2.75) is 12.8 Å². The van der Waals surface area contributed by atoms with Crippen molar-refractivity contribution in [2.24, 2.45) is 0 Å². The molecule has 0 heterocycles. The third-order valence-corrected chi connectivity index (χ3v) is 2.95.